The van der Waals surface area contributed by atoms with Crippen molar-refractivity contribution in [3.05, 3.63) is 0 Å². The summed E-state index contributed by atoms with van der Waals surface area (Å²) in [4.78, 5) is 9.38. The first-order chi connectivity index (χ1) is 10.2. The molecule has 2 saturated heterocycles. The van der Waals surface area contributed by atoms with Gasteiger partial charge >= 0.3 is 0 Å². The number of aliphatic imine (C=N–C) groups is 1. The Labute approximate surface area is 128 Å². The number of hydrogen-bond acceptors (Lipinski definition) is 3. The molecule has 120 valence electrons. The fourth-order valence-corrected chi connectivity index (χ4v) is 3.84. The largest absolute Gasteiger partial charge is 0.388 e. The van der Waals surface area contributed by atoms with Gasteiger partial charge in [-0.2, -0.15) is 0 Å². The van der Waals surface area contributed by atoms with Crippen LogP contribution in [0.4, 0.5) is 0 Å². The first-order valence-electron chi connectivity index (χ1n) is 8.59. The molecular weight excluding hydrogens is 264 g/mol. The second-order valence-corrected chi connectivity index (χ2v) is 7.09. The van der Waals surface area contributed by atoms with E-state index in [2.05, 4.69) is 20.1 Å². The number of rotatable bonds is 4. The highest BCUT2D eigenvalue weighted by molar-refractivity contribution is 5.80. The van der Waals surface area contributed by atoms with Gasteiger partial charge in [-0.05, 0) is 57.5 Å². The Morgan fingerprint density at radius 3 is 2.62 bits per heavy atom. The summed E-state index contributed by atoms with van der Waals surface area (Å²) in [5, 5.41) is 13.6. The van der Waals surface area contributed by atoms with Crippen molar-refractivity contribution in [3.8, 4) is 0 Å². The fraction of sp³-hybridized carbons (Fsp3) is 0.938. The van der Waals surface area contributed by atoms with Gasteiger partial charge in [0, 0.05) is 33.2 Å². The van der Waals surface area contributed by atoms with Gasteiger partial charge in [0.25, 0.3) is 0 Å². The maximum atomic E-state index is 10.2. The molecule has 1 aliphatic carbocycles. The zero-order valence-electron chi connectivity index (χ0n) is 13.4. The third kappa shape index (κ3) is 3.69. The van der Waals surface area contributed by atoms with Gasteiger partial charge in [0.1, 0.15) is 0 Å². The van der Waals surface area contributed by atoms with E-state index in [0.29, 0.717) is 6.54 Å². The van der Waals surface area contributed by atoms with E-state index in [0.717, 1.165) is 44.2 Å². The Morgan fingerprint density at radius 1 is 1.24 bits per heavy atom. The Morgan fingerprint density at radius 2 is 2.00 bits per heavy atom. The second kappa shape index (κ2) is 6.53. The Bertz CT molecular complexity index is 374. The molecule has 5 nitrogen and oxygen atoms in total. The highest BCUT2D eigenvalue weighted by Crippen LogP contribution is 2.30. The summed E-state index contributed by atoms with van der Waals surface area (Å²) in [5.41, 5.74) is -0.482. The smallest absolute Gasteiger partial charge is 0.193 e. The predicted octanol–water partition coefficient (Wildman–Crippen LogP) is 0.895. The maximum Gasteiger partial charge on any atom is 0.193 e. The molecule has 0 radical (unpaired) electrons. The highest BCUT2D eigenvalue weighted by Gasteiger charge is 2.35. The number of nitrogens with one attached hydrogen (secondary N) is 1. The molecule has 1 atom stereocenters. The minimum Gasteiger partial charge on any atom is -0.388 e. The van der Waals surface area contributed by atoms with Crippen molar-refractivity contribution >= 4 is 5.96 Å². The molecule has 0 aromatic heterocycles. The van der Waals surface area contributed by atoms with E-state index in [-0.39, 0.29) is 0 Å². The molecule has 2 aliphatic heterocycles. The molecule has 0 bridgehead atoms. The Hall–Kier alpha value is -0.810. The van der Waals surface area contributed by atoms with Crippen molar-refractivity contribution in [2.75, 3.05) is 46.3 Å². The monoisotopic (exact) mass is 294 g/mol. The van der Waals surface area contributed by atoms with Crippen LogP contribution in [0.2, 0.25) is 0 Å². The molecule has 2 N–H and O–H groups in total. The van der Waals surface area contributed by atoms with Crippen LogP contribution in [0.1, 0.15) is 38.5 Å². The summed E-state index contributed by atoms with van der Waals surface area (Å²) in [6, 6.07) is 0. The quantitative estimate of drug-likeness (QED) is 0.597. The third-order valence-corrected chi connectivity index (χ3v) is 5.37. The molecule has 21 heavy (non-hydrogen) atoms. The van der Waals surface area contributed by atoms with Crippen molar-refractivity contribution in [2.45, 2.75) is 44.1 Å². The van der Waals surface area contributed by atoms with E-state index in [1.807, 2.05) is 7.05 Å². The number of nitrogens with zero attached hydrogens (tertiary/aromatic N) is 3. The van der Waals surface area contributed by atoms with Crippen LogP contribution in [0.3, 0.4) is 0 Å². The van der Waals surface area contributed by atoms with Gasteiger partial charge in [-0.25, -0.2) is 0 Å². The van der Waals surface area contributed by atoms with Crippen LogP contribution in [0.5, 0.6) is 0 Å². The van der Waals surface area contributed by atoms with Crippen LogP contribution in [-0.4, -0.2) is 72.8 Å². The van der Waals surface area contributed by atoms with E-state index < -0.39 is 5.60 Å². The normalized spacial score (nSPS) is 29.7. The lowest BCUT2D eigenvalue weighted by atomic mass is 9.80. The number of guanidine groups is 1. The summed E-state index contributed by atoms with van der Waals surface area (Å²) >= 11 is 0. The molecule has 0 spiro atoms. The van der Waals surface area contributed by atoms with Gasteiger partial charge in [0.2, 0.25) is 0 Å². The average Bonchev–Trinajstić information content (AvgIpc) is 3.10. The topological polar surface area (TPSA) is 51.1 Å². The van der Waals surface area contributed by atoms with E-state index >= 15 is 0 Å². The molecule has 3 rings (SSSR count). The van der Waals surface area contributed by atoms with Gasteiger partial charge < -0.3 is 20.2 Å². The van der Waals surface area contributed by atoms with E-state index in [1.165, 1.54) is 38.9 Å². The Kier molecular flexibility index (Phi) is 4.69. The van der Waals surface area contributed by atoms with Crippen molar-refractivity contribution in [1.29, 1.82) is 0 Å². The first-order valence-corrected chi connectivity index (χ1v) is 8.59. The van der Waals surface area contributed by atoms with Gasteiger partial charge in [-0.3, -0.25) is 4.99 Å². The van der Waals surface area contributed by atoms with Crippen LogP contribution in [-0.2, 0) is 0 Å². The van der Waals surface area contributed by atoms with Crippen LogP contribution < -0.4 is 5.32 Å². The van der Waals surface area contributed by atoms with Gasteiger partial charge in [0.05, 0.1) is 5.60 Å². The SMILES string of the molecule is CN=C(NCC1(O)CCC1)N1CCC(CN2CCCC2)C1. The van der Waals surface area contributed by atoms with Gasteiger partial charge in [0.15, 0.2) is 5.96 Å². The summed E-state index contributed by atoms with van der Waals surface area (Å²) in [6.45, 7) is 6.67. The van der Waals surface area contributed by atoms with Crippen LogP contribution >= 0.6 is 0 Å². The lowest BCUT2D eigenvalue weighted by molar-refractivity contribution is -0.0282. The summed E-state index contributed by atoms with van der Waals surface area (Å²) in [5.74, 6) is 1.74. The average molecular weight is 294 g/mol. The lowest BCUT2D eigenvalue weighted by Gasteiger charge is -2.37. The van der Waals surface area contributed by atoms with Crippen LogP contribution in [0, 0.1) is 5.92 Å². The third-order valence-electron chi connectivity index (χ3n) is 5.37. The number of likely N-dealkylation sites (tertiary alicyclic amines) is 2. The van der Waals surface area contributed by atoms with Crippen molar-refractivity contribution in [2.24, 2.45) is 10.9 Å². The molecule has 1 unspecified atom stereocenters. The zero-order valence-corrected chi connectivity index (χ0v) is 13.4. The number of aliphatic hydroxyl groups is 1. The molecule has 0 aromatic carbocycles. The molecule has 5 heteroatoms. The summed E-state index contributed by atoms with van der Waals surface area (Å²) < 4.78 is 0. The lowest BCUT2D eigenvalue weighted by Crippen LogP contribution is -2.51. The van der Waals surface area contributed by atoms with Crippen molar-refractivity contribution in [3.63, 3.8) is 0 Å². The first kappa shape index (κ1) is 15.1. The minimum atomic E-state index is -0.482. The van der Waals surface area contributed by atoms with E-state index in [4.69, 9.17) is 0 Å². The predicted molar refractivity (Wildman–Crippen MR) is 85.5 cm³/mol. The highest BCUT2D eigenvalue weighted by atomic mass is 16.3. The molecule has 0 amide bonds. The van der Waals surface area contributed by atoms with Gasteiger partial charge in [-0.1, -0.05) is 0 Å². The minimum absolute atomic E-state index is 0.482. The maximum absolute atomic E-state index is 10.2. The molecular formula is C16H30N4O. The fourth-order valence-electron chi connectivity index (χ4n) is 3.84. The summed E-state index contributed by atoms with van der Waals surface area (Å²) in [7, 11) is 1.85. The van der Waals surface area contributed by atoms with E-state index in [9.17, 15) is 5.11 Å². The van der Waals surface area contributed by atoms with Crippen LogP contribution in [0.25, 0.3) is 0 Å². The van der Waals surface area contributed by atoms with Crippen molar-refractivity contribution < 1.29 is 5.11 Å². The standard InChI is InChI=1S/C16H30N4O/c1-17-15(18-13-16(21)6-4-7-16)20-10-5-14(12-20)11-19-8-2-3-9-19/h14,21H,2-13H2,1H3,(H,17,18). The molecule has 1 saturated carbocycles. The van der Waals surface area contributed by atoms with Gasteiger partial charge in [-0.15, -0.1) is 0 Å². The zero-order chi connectivity index (χ0) is 14.7. The molecule has 3 fully saturated rings. The van der Waals surface area contributed by atoms with Crippen LogP contribution in [0.15, 0.2) is 4.99 Å². The van der Waals surface area contributed by atoms with E-state index in [1.54, 1.807) is 0 Å². The number of hydrogen-bond donors (Lipinski definition) is 2. The second-order valence-electron chi connectivity index (χ2n) is 7.09. The molecule has 0 aromatic rings. The molecule has 2 heterocycles. The van der Waals surface area contributed by atoms with Crippen molar-refractivity contribution in [1.82, 2.24) is 15.1 Å². The Balaban J connectivity index is 1.44. The summed E-state index contributed by atoms with van der Waals surface area (Å²) in [6.07, 6.45) is 7.01. The molecule has 3 aliphatic rings.